The molecule has 2 fully saturated rings. The van der Waals surface area contributed by atoms with Gasteiger partial charge in [0.1, 0.15) is 12.4 Å². The monoisotopic (exact) mass is 310 g/mol. The second kappa shape index (κ2) is 5.99. The highest BCUT2D eigenvalue weighted by atomic mass is 16.5. The lowest BCUT2D eigenvalue weighted by molar-refractivity contribution is -0.115. The SMILES string of the molecule is OC1(c2ccc(OCc3ccccc3)cc2)CC2CCC(C1)O2. The average Bonchev–Trinajstić information content (AvgIpc) is 2.93. The lowest BCUT2D eigenvalue weighted by Crippen LogP contribution is -2.38. The highest BCUT2D eigenvalue weighted by molar-refractivity contribution is 5.32. The van der Waals surface area contributed by atoms with Crippen LogP contribution in [-0.4, -0.2) is 17.3 Å². The molecule has 2 bridgehead atoms. The van der Waals surface area contributed by atoms with Gasteiger partial charge in [0.25, 0.3) is 0 Å². The summed E-state index contributed by atoms with van der Waals surface area (Å²) in [6.07, 6.45) is 3.98. The van der Waals surface area contributed by atoms with Gasteiger partial charge in [0, 0.05) is 12.8 Å². The van der Waals surface area contributed by atoms with Gasteiger partial charge in [-0.25, -0.2) is 0 Å². The van der Waals surface area contributed by atoms with E-state index in [1.165, 1.54) is 0 Å². The van der Waals surface area contributed by atoms with Crippen LogP contribution in [-0.2, 0) is 16.9 Å². The summed E-state index contributed by atoms with van der Waals surface area (Å²) in [6.45, 7) is 0.558. The lowest BCUT2D eigenvalue weighted by atomic mass is 9.83. The van der Waals surface area contributed by atoms with E-state index in [2.05, 4.69) is 12.1 Å². The standard InChI is InChI=1S/C20H22O3/c21-20(12-18-10-11-19(13-20)23-18)16-6-8-17(9-7-16)22-14-15-4-2-1-3-5-15/h1-9,18-19,21H,10-14H2. The van der Waals surface area contributed by atoms with Crippen LogP contribution in [0.2, 0.25) is 0 Å². The minimum Gasteiger partial charge on any atom is -0.489 e. The summed E-state index contributed by atoms with van der Waals surface area (Å²) >= 11 is 0. The number of aliphatic hydroxyl groups is 1. The molecule has 2 aromatic rings. The molecule has 0 spiro atoms. The normalized spacial score (nSPS) is 29.4. The van der Waals surface area contributed by atoms with Crippen molar-refractivity contribution in [1.29, 1.82) is 0 Å². The Bertz CT molecular complexity index is 638. The largest absolute Gasteiger partial charge is 0.489 e. The van der Waals surface area contributed by atoms with Gasteiger partial charge in [-0.15, -0.1) is 0 Å². The van der Waals surface area contributed by atoms with Crippen molar-refractivity contribution in [2.45, 2.75) is 50.1 Å². The Hall–Kier alpha value is -1.84. The zero-order valence-corrected chi connectivity index (χ0v) is 13.2. The Morgan fingerprint density at radius 3 is 2.26 bits per heavy atom. The van der Waals surface area contributed by atoms with E-state index in [1.54, 1.807) is 0 Å². The van der Waals surface area contributed by atoms with Crippen LogP contribution < -0.4 is 4.74 Å². The fourth-order valence-electron chi connectivity index (χ4n) is 3.76. The van der Waals surface area contributed by atoms with Gasteiger partial charge >= 0.3 is 0 Å². The molecule has 2 aromatic carbocycles. The van der Waals surface area contributed by atoms with Crippen molar-refractivity contribution in [3.8, 4) is 5.75 Å². The quantitative estimate of drug-likeness (QED) is 0.933. The van der Waals surface area contributed by atoms with Crippen LogP contribution in [0.4, 0.5) is 0 Å². The third kappa shape index (κ3) is 3.12. The van der Waals surface area contributed by atoms with Gasteiger partial charge in [-0.05, 0) is 36.1 Å². The number of fused-ring (bicyclic) bond motifs is 2. The second-order valence-electron chi connectivity index (χ2n) is 6.70. The van der Waals surface area contributed by atoms with Crippen molar-refractivity contribution < 1.29 is 14.6 Å². The zero-order chi connectivity index (χ0) is 15.7. The molecule has 0 aromatic heterocycles. The Kier molecular flexibility index (Phi) is 3.83. The van der Waals surface area contributed by atoms with Crippen molar-refractivity contribution in [2.24, 2.45) is 0 Å². The van der Waals surface area contributed by atoms with Gasteiger partial charge in [0.2, 0.25) is 0 Å². The molecule has 0 radical (unpaired) electrons. The molecule has 2 saturated heterocycles. The van der Waals surface area contributed by atoms with E-state index in [-0.39, 0.29) is 12.2 Å². The number of hydrogen-bond acceptors (Lipinski definition) is 3. The average molecular weight is 310 g/mol. The molecule has 0 amide bonds. The Morgan fingerprint density at radius 1 is 0.957 bits per heavy atom. The van der Waals surface area contributed by atoms with E-state index in [0.29, 0.717) is 19.4 Å². The molecule has 2 unspecified atom stereocenters. The van der Waals surface area contributed by atoms with Crippen molar-refractivity contribution in [3.05, 3.63) is 65.7 Å². The van der Waals surface area contributed by atoms with Crippen LogP contribution in [0, 0.1) is 0 Å². The third-order valence-electron chi connectivity index (χ3n) is 4.97. The van der Waals surface area contributed by atoms with Gasteiger partial charge in [0.15, 0.2) is 0 Å². The second-order valence-corrected chi connectivity index (χ2v) is 6.70. The zero-order valence-electron chi connectivity index (χ0n) is 13.2. The summed E-state index contributed by atoms with van der Waals surface area (Å²) in [7, 11) is 0. The Labute approximate surface area is 136 Å². The van der Waals surface area contributed by atoms with Crippen molar-refractivity contribution in [1.82, 2.24) is 0 Å². The summed E-state index contributed by atoms with van der Waals surface area (Å²) in [5.74, 6) is 0.830. The molecule has 0 aliphatic carbocycles. The first-order valence-electron chi connectivity index (χ1n) is 8.36. The summed E-state index contributed by atoms with van der Waals surface area (Å²) in [5, 5.41) is 11.0. The highest BCUT2D eigenvalue weighted by Gasteiger charge is 2.44. The number of ether oxygens (including phenoxy) is 2. The first-order chi connectivity index (χ1) is 11.2. The van der Waals surface area contributed by atoms with Gasteiger partial charge in [-0.1, -0.05) is 42.5 Å². The molecular formula is C20H22O3. The van der Waals surface area contributed by atoms with Crippen LogP contribution in [0.15, 0.2) is 54.6 Å². The fraction of sp³-hybridized carbons (Fsp3) is 0.400. The van der Waals surface area contributed by atoms with E-state index >= 15 is 0 Å². The van der Waals surface area contributed by atoms with E-state index < -0.39 is 5.60 Å². The molecule has 2 heterocycles. The molecule has 120 valence electrons. The molecule has 23 heavy (non-hydrogen) atoms. The smallest absolute Gasteiger partial charge is 0.119 e. The van der Waals surface area contributed by atoms with Crippen molar-refractivity contribution in [2.75, 3.05) is 0 Å². The Balaban J connectivity index is 1.43. The maximum absolute atomic E-state index is 11.0. The van der Waals surface area contributed by atoms with E-state index in [4.69, 9.17) is 9.47 Å². The summed E-state index contributed by atoms with van der Waals surface area (Å²) < 4.78 is 11.7. The Morgan fingerprint density at radius 2 is 1.61 bits per heavy atom. The summed E-state index contributed by atoms with van der Waals surface area (Å²) in [5.41, 5.74) is 1.38. The lowest BCUT2D eigenvalue weighted by Gasteiger charge is -2.36. The molecule has 2 atom stereocenters. The van der Waals surface area contributed by atoms with Crippen LogP contribution in [0.1, 0.15) is 36.8 Å². The number of rotatable bonds is 4. The molecule has 3 nitrogen and oxygen atoms in total. The number of benzene rings is 2. The molecule has 4 rings (SSSR count). The molecule has 1 N–H and O–H groups in total. The fourth-order valence-corrected chi connectivity index (χ4v) is 3.76. The van der Waals surface area contributed by atoms with Gasteiger partial charge in [-0.3, -0.25) is 0 Å². The van der Waals surface area contributed by atoms with E-state index in [1.807, 2.05) is 42.5 Å². The minimum atomic E-state index is -0.748. The van der Waals surface area contributed by atoms with Crippen LogP contribution >= 0.6 is 0 Å². The topological polar surface area (TPSA) is 38.7 Å². The van der Waals surface area contributed by atoms with Crippen LogP contribution in [0.5, 0.6) is 5.75 Å². The predicted octanol–water partition coefficient (Wildman–Crippen LogP) is 3.79. The van der Waals surface area contributed by atoms with Gasteiger partial charge in [-0.2, -0.15) is 0 Å². The number of hydrogen-bond donors (Lipinski definition) is 1. The van der Waals surface area contributed by atoms with E-state index in [0.717, 1.165) is 29.7 Å². The van der Waals surface area contributed by atoms with Crippen molar-refractivity contribution >= 4 is 0 Å². The molecular weight excluding hydrogens is 288 g/mol. The van der Waals surface area contributed by atoms with Gasteiger partial charge in [0.05, 0.1) is 17.8 Å². The van der Waals surface area contributed by atoms with Crippen molar-refractivity contribution in [3.63, 3.8) is 0 Å². The predicted molar refractivity (Wildman–Crippen MR) is 88.2 cm³/mol. The maximum atomic E-state index is 11.0. The summed E-state index contributed by atoms with van der Waals surface area (Å²) in [6, 6.07) is 18.0. The first kappa shape index (κ1) is 14.7. The third-order valence-corrected chi connectivity index (χ3v) is 4.97. The van der Waals surface area contributed by atoms with E-state index in [9.17, 15) is 5.11 Å². The minimum absolute atomic E-state index is 0.216. The molecule has 2 aliphatic rings. The highest BCUT2D eigenvalue weighted by Crippen LogP contribution is 2.44. The van der Waals surface area contributed by atoms with Gasteiger partial charge < -0.3 is 14.6 Å². The summed E-state index contributed by atoms with van der Waals surface area (Å²) in [4.78, 5) is 0. The molecule has 0 saturated carbocycles. The maximum Gasteiger partial charge on any atom is 0.119 e. The molecule has 2 aliphatic heterocycles. The van der Waals surface area contributed by atoms with Crippen LogP contribution in [0.3, 0.4) is 0 Å². The van der Waals surface area contributed by atoms with Crippen LogP contribution in [0.25, 0.3) is 0 Å². The molecule has 3 heteroatoms. The first-order valence-corrected chi connectivity index (χ1v) is 8.36.